The largest absolute Gasteiger partial charge is 0.522 e. The van der Waals surface area contributed by atoms with Crippen molar-refractivity contribution in [1.29, 1.82) is 0 Å². The molecule has 0 N–H and O–H groups in total. The van der Waals surface area contributed by atoms with Crippen LogP contribution in [0.2, 0.25) is 0 Å². The number of fused-ring (bicyclic) bond motifs is 1. The van der Waals surface area contributed by atoms with E-state index in [1.807, 2.05) is 6.07 Å². The number of pyridine rings is 1. The van der Waals surface area contributed by atoms with Crippen LogP contribution in [0, 0.1) is 5.41 Å². The van der Waals surface area contributed by atoms with Crippen LogP contribution >= 0.6 is 11.8 Å². The zero-order chi connectivity index (χ0) is 18.8. The number of aromatic nitrogens is 3. The molecule has 0 aromatic carbocycles. The number of imidazole rings is 1. The van der Waals surface area contributed by atoms with Crippen LogP contribution in [-0.2, 0) is 17.7 Å². The molecule has 0 radical (unpaired) electrons. The van der Waals surface area contributed by atoms with E-state index in [2.05, 4.69) is 49.3 Å². The van der Waals surface area contributed by atoms with Crippen molar-refractivity contribution in [3.05, 3.63) is 18.1 Å². The maximum absolute atomic E-state index is 12.3. The molecule has 0 atom stereocenters. The highest BCUT2D eigenvalue weighted by Crippen LogP contribution is 2.28. The first-order chi connectivity index (χ1) is 11.4. The van der Waals surface area contributed by atoms with Crippen LogP contribution in [0.1, 0.15) is 40.4 Å². The van der Waals surface area contributed by atoms with Crippen LogP contribution in [0.5, 0.6) is 0 Å². The van der Waals surface area contributed by atoms with Crippen molar-refractivity contribution in [1.82, 2.24) is 14.5 Å². The average Bonchev–Trinajstić information content (AvgIpc) is 2.71. The van der Waals surface area contributed by atoms with Gasteiger partial charge < -0.3 is 4.57 Å². The first-order valence-corrected chi connectivity index (χ1v) is 9.05. The Labute approximate surface area is 150 Å². The highest BCUT2D eigenvalue weighted by Gasteiger charge is 2.29. The van der Waals surface area contributed by atoms with Gasteiger partial charge in [-0.1, -0.05) is 34.6 Å². The van der Waals surface area contributed by atoms with Gasteiger partial charge >= 0.3 is 6.36 Å². The zero-order valence-corrected chi connectivity index (χ0v) is 16.0. The van der Waals surface area contributed by atoms with Crippen molar-refractivity contribution < 1.29 is 17.9 Å². The molecule has 2 heterocycles. The van der Waals surface area contributed by atoms with Gasteiger partial charge in [-0.25, -0.2) is 9.97 Å². The van der Waals surface area contributed by atoms with E-state index in [4.69, 9.17) is 0 Å². The molecule has 0 saturated heterocycles. The number of hydrogen-bond donors (Lipinski definition) is 0. The van der Waals surface area contributed by atoms with Crippen LogP contribution in [-0.4, -0.2) is 32.8 Å². The molecule has 0 aliphatic rings. The van der Waals surface area contributed by atoms with Gasteiger partial charge in [0.15, 0.2) is 5.65 Å². The minimum absolute atomic E-state index is 0.0421. The monoisotopic (exact) mass is 375 g/mol. The van der Waals surface area contributed by atoms with Gasteiger partial charge in [-0.15, -0.1) is 24.9 Å². The molecule has 25 heavy (non-hydrogen) atoms. The number of thioether (sulfide) groups is 1. The van der Waals surface area contributed by atoms with Crippen molar-refractivity contribution in [3.8, 4) is 0 Å². The van der Waals surface area contributed by atoms with Crippen molar-refractivity contribution in [2.24, 2.45) is 5.41 Å². The first kappa shape index (κ1) is 20.0. The third-order valence-corrected chi connectivity index (χ3v) is 4.25. The average molecular weight is 375 g/mol. The van der Waals surface area contributed by atoms with E-state index in [1.54, 1.807) is 22.5 Å². The summed E-state index contributed by atoms with van der Waals surface area (Å²) in [6.07, 6.45) is -2.24. The van der Waals surface area contributed by atoms with Gasteiger partial charge in [-0.3, -0.25) is 4.74 Å². The highest BCUT2D eigenvalue weighted by atomic mass is 32.2. The van der Waals surface area contributed by atoms with E-state index >= 15 is 0 Å². The number of rotatable bonds is 6. The Morgan fingerprint density at radius 2 is 1.92 bits per heavy atom. The quantitative estimate of drug-likeness (QED) is 0.662. The van der Waals surface area contributed by atoms with E-state index in [9.17, 15) is 13.2 Å². The predicted octanol–water partition coefficient (Wildman–Crippen LogP) is 5.06. The van der Waals surface area contributed by atoms with Crippen LogP contribution in [0.15, 0.2) is 17.2 Å². The summed E-state index contributed by atoms with van der Waals surface area (Å²) in [7, 11) is 0. The molecular formula is C17H24F3N3OS. The number of halogens is 3. The fourth-order valence-electron chi connectivity index (χ4n) is 2.47. The normalized spacial score (nSPS) is 13.2. The van der Waals surface area contributed by atoms with Crippen molar-refractivity contribution >= 4 is 22.9 Å². The molecule has 0 amide bonds. The molecule has 140 valence electrons. The SMILES string of the molecule is CC(C)Sc1cnc2c(c1)nc(CC(C)(C)C)n2CCOC(F)(F)F. The van der Waals surface area contributed by atoms with Gasteiger partial charge in [0.1, 0.15) is 11.3 Å². The second-order valence-corrected chi connectivity index (χ2v) is 9.04. The molecule has 0 fully saturated rings. The standard InChI is InChI=1S/C17H24F3N3OS/c1-11(2)25-12-8-13-15(21-10-12)23(6-7-24-17(18,19)20)14(22-13)9-16(3,4)5/h8,10-11H,6-7,9H2,1-5H3. The van der Waals surface area contributed by atoms with Gasteiger partial charge in [0, 0.05) is 29.3 Å². The molecule has 4 nitrogen and oxygen atoms in total. The Morgan fingerprint density at radius 1 is 1.24 bits per heavy atom. The Morgan fingerprint density at radius 3 is 2.48 bits per heavy atom. The smallest absolute Gasteiger partial charge is 0.310 e. The van der Waals surface area contributed by atoms with Gasteiger partial charge in [-0.05, 0) is 11.5 Å². The van der Waals surface area contributed by atoms with E-state index < -0.39 is 13.0 Å². The number of nitrogens with zero attached hydrogens (tertiary/aromatic N) is 3. The molecular weight excluding hydrogens is 351 g/mol. The lowest BCUT2D eigenvalue weighted by molar-refractivity contribution is -0.325. The zero-order valence-electron chi connectivity index (χ0n) is 15.1. The number of hydrogen-bond acceptors (Lipinski definition) is 4. The Bertz CT molecular complexity index is 720. The lowest BCUT2D eigenvalue weighted by Crippen LogP contribution is -2.20. The molecule has 0 saturated carbocycles. The summed E-state index contributed by atoms with van der Waals surface area (Å²) in [6.45, 7) is 9.98. The van der Waals surface area contributed by atoms with Gasteiger partial charge in [-0.2, -0.15) is 0 Å². The molecule has 0 aliphatic carbocycles. The van der Waals surface area contributed by atoms with Crippen molar-refractivity contribution in [2.45, 2.75) is 64.1 Å². The Balaban J connectivity index is 2.35. The second kappa shape index (κ2) is 7.53. The first-order valence-electron chi connectivity index (χ1n) is 8.17. The van der Waals surface area contributed by atoms with Crippen molar-refractivity contribution in [3.63, 3.8) is 0 Å². The third-order valence-electron chi connectivity index (χ3n) is 3.28. The molecule has 0 unspecified atom stereocenters. The summed E-state index contributed by atoms with van der Waals surface area (Å²) in [4.78, 5) is 10.1. The molecule has 2 aromatic rings. The summed E-state index contributed by atoms with van der Waals surface area (Å²) < 4.78 is 42.5. The van der Waals surface area contributed by atoms with Crippen LogP contribution in [0.4, 0.5) is 13.2 Å². The molecule has 2 rings (SSSR count). The molecule has 0 bridgehead atoms. The molecule has 0 aliphatic heterocycles. The summed E-state index contributed by atoms with van der Waals surface area (Å²) in [5.74, 6) is 0.729. The predicted molar refractivity (Wildman–Crippen MR) is 93.7 cm³/mol. The minimum Gasteiger partial charge on any atom is -0.310 e. The van der Waals surface area contributed by atoms with E-state index in [-0.39, 0.29) is 12.0 Å². The highest BCUT2D eigenvalue weighted by molar-refractivity contribution is 7.99. The number of alkyl halides is 3. The molecule has 8 heteroatoms. The minimum atomic E-state index is -4.63. The third kappa shape index (κ3) is 6.18. The lowest BCUT2D eigenvalue weighted by atomic mass is 9.92. The summed E-state index contributed by atoms with van der Waals surface area (Å²) in [5.41, 5.74) is 1.26. The van der Waals surface area contributed by atoms with Gasteiger partial charge in [0.25, 0.3) is 0 Å². The summed E-state index contributed by atoms with van der Waals surface area (Å²) in [6, 6.07) is 1.94. The number of ether oxygens (including phenoxy) is 1. The van der Waals surface area contributed by atoms with E-state index in [0.717, 1.165) is 10.7 Å². The van der Waals surface area contributed by atoms with Crippen LogP contribution in [0.3, 0.4) is 0 Å². The van der Waals surface area contributed by atoms with Crippen molar-refractivity contribution in [2.75, 3.05) is 6.61 Å². The second-order valence-electron chi connectivity index (χ2n) is 7.39. The van der Waals surface area contributed by atoms with Gasteiger partial charge in [0.2, 0.25) is 0 Å². The maximum Gasteiger partial charge on any atom is 0.522 e. The lowest BCUT2D eigenvalue weighted by Gasteiger charge is -2.18. The van der Waals surface area contributed by atoms with Crippen LogP contribution in [0.25, 0.3) is 11.2 Å². The fourth-order valence-corrected chi connectivity index (χ4v) is 3.31. The van der Waals surface area contributed by atoms with Crippen LogP contribution < -0.4 is 0 Å². The summed E-state index contributed by atoms with van der Waals surface area (Å²) >= 11 is 1.68. The van der Waals surface area contributed by atoms with Gasteiger partial charge in [0.05, 0.1) is 6.61 Å². The Hall–Kier alpha value is -1.28. The Kier molecular flexibility index (Phi) is 6.04. The summed E-state index contributed by atoms with van der Waals surface area (Å²) in [5, 5.41) is 0.413. The van der Waals surface area contributed by atoms with E-state index in [1.165, 1.54) is 0 Å². The topological polar surface area (TPSA) is 39.9 Å². The maximum atomic E-state index is 12.3. The fraction of sp³-hybridized carbons (Fsp3) is 0.647. The van der Waals surface area contributed by atoms with E-state index in [0.29, 0.717) is 22.8 Å². The molecule has 0 spiro atoms. The molecule has 2 aromatic heterocycles.